The fourth-order valence-electron chi connectivity index (χ4n) is 2.66. The summed E-state index contributed by atoms with van der Waals surface area (Å²) in [7, 11) is 0. The van der Waals surface area contributed by atoms with Crippen LogP contribution in [0.1, 0.15) is 41.3 Å². The highest BCUT2D eigenvalue weighted by Crippen LogP contribution is 2.25. The summed E-state index contributed by atoms with van der Waals surface area (Å²) in [6, 6.07) is 14.3. The first kappa shape index (κ1) is 18.5. The first-order valence-corrected chi connectivity index (χ1v) is 8.74. The summed E-state index contributed by atoms with van der Waals surface area (Å²) in [5.41, 5.74) is 2.83. The van der Waals surface area contributed by atoms with Crippen LogP contribution in [-0.2, 0) is 6.54 Å². The summed E-state index contributed by atoms with van der Waals surface area (Å²) in [4.78, 5) is 20.6. The Morgan fingerprint density at radius 2 is 1.70 bits per heavy atom. The van der Waals surface area contributed by atoms with Crippen LogP contribution in [0.15, 0.2) is 60.9 Å². The standard InChI is InChI=1S/C21H21FN4O/c1-14(2)17-8-4-6-10-19(17)26-21-24-12-16(13-25-21)20(27)23-11-15-7-3-5-9-18(15)22/h3-10,12-14H,11H2,1-2H3,(H,23,27)(H,24,25,26). The van der Waals surface area contributed by atoms with Gasteiger partial charge in [-0.3, -0.25) is 4.79 Å². The average Bonchev–Trinajstić information content (AvgIpc) is 2.68. The molecule has 0 saturated carbocycles. The van der Waals surface area contributed by atoms with Crippen molar-refractivity contribution >= 4 is 17.5 Å². The molecule has 0 spiro atoms. The molecule has 0 aliphatic carbocycles. The Bertz CT molecular complexity index is 925. The molecule has 6 heteroatoms. The summed E-state index contributed by atoms with van der Waals surface area (Å²) in [6.45, 7) is 4.34. The summed E-state index contributed by atoms with van der Waals surface area (Å²) < 4.78 is 13.6. The molecule has 1 aromatic heterocycles. The number of aromatic nitrogens is 2. The van der Waals surface area contributed by atoms with Gasteiger partial charge in [-0.15, -0.1) is 0 Å². The van der Waals surface area contributed by atoms with Crippen LogP contribution in [0.25, 0.3) is 0 Å². The third kappa shape index (κ3) is 4.67. The molecular weight excluding hydrogens is 343 g/mol. The Hall–Kier alpha value is -3.28. The molecule has 0 atom stereocenters. The average molecular weight is 364 g/mol. The maximum absolute atomic E-state index is 13.6. The first-order chi connectivity index (χ1) is 13.0. The van der Waals surface area contributed by atoms with Crippen molar-refractivity contribution in [3.63, 3.8) is 0 Å². The molecule has 3 rings (SSSR count). The number of nitrogens with one attached hydrogen (secondary N) is 2. The second kappa shape index (κ2) is 8.40. The maximum Gasteiger partial charge on any atom is 0.254 e. The Labute approximate surface area is 157 Å². The monoisotopic (exact) mass is 364 g/mol. The van der Waals surface area contributed by atoms with Crippen molar-refractivity contribution in [3.05, 3.63) is 83.4 Å². The van der Waals surface area contributed by atoms with E-state index in [1.807, 2.05) is 18.2 Å². The summed E-state index contributed by atoms with van der Waals surface area (Å²) >= 11 is 0. The molecule has 0 fully saturated rings. The Morgan fingerprint density at radius 3 is 2.41 bits per heavy atom. The number of carbonyl (C=O) groups excluding carboxylic acids is 1. The SMILES string of the molecule is CC(C)c1ccccc1Nc1ncc(C(=O)NCc2ccccc2F)cn1. The van der Waals surface area contributed by atoms with Crippen molar-refractivity contribution in [1.29, 1.82) is 0 Å². The van der Waals surface area contributed by atoms with E-state index in [4.69, 9.17) is 0 Å². The van der Waals surface area contributed by atoms with E-state index in [0.717, 1.165) is 11.3 Å². The minimum absolute atomic E-state index is 0.104. The quantitative estimate of drug-likeness (QED) is 0.680. The van der Waals surface area contributed by atoms with E-state index < -0.39 is 0 Å². The van der Waals surface area contributed by atoms with E-state index in [2.05, 4.69) is 40.5 Å². The molecule has 2 aromatic carbocycles. The molecule has 138 valence electrons. The molecule has 1 amide bonds. The van der Waals surface area contributed by atoms with Crippen LogP contribution in [0.3, 0.4) is 0 Å². The number of hydrogen-bond donors (Lipinski definition) is 2. The van der Waals surface area contributed by atoms with E-state index >= 15 is 0 Å². The highest BCUT2D eigenvalue weighted by molar-refractivity contribution is 5.93. The van der Waals surface area contributed by atoms with E-state index in [1.165, 1.54) is 18.5 Å². The number of nitrogens with zero attached hydrogens (tertiary/aromatic N) is 2. The second-order valence-electron chi connectivity index (χ2n) is 6.44. The van der Waals surface area contributed by atoms with Gasteiger partial charge in [-0.25, -0.2) is 14.4 Å². The number of para-hydroxylation sites is 1. The van der Waals surface area contributed by atoms with Crippen LogP contribution in [0, 0.1) is 5.82 Å². The maximum atomic E-state index is 13.6. The van der Waals surface area contributed by atoms with Gasteiger partial charge < -0.3 is 10.6 Å². The third-order valence-corrected chi connectivity index (χ3v) is 4.14. The van der Waals surface area contributed by atoms with Crippen molar-refractivity contribution in [1.82, 2.24) is 15.3 Å². The smallest absolute Gasteiger partial charge is 0.254 e. The van der Waals surface area contributed by atoms with Crippen molar-refractivity contribution in [2.75, 3.05) is 5.32 Å². The number of amides is 1. The van der Waals surface area contributed by atoms with Gasteiger partial charge in [0.2, 0.25) is 5.95 Å². The van der Waals surface area contributed by atoms with Gasteiger partial charge in [-0.2, -0.15) is 0 Å². The van der Waals surface area contributed by atoms with E-state index in [0.29, 0.717) is 23.0 Å². The molecule has 2 N–H and O–H groups in total. The number of hydrogen-bond acceptors (Lipinski definition) is 4. The predicted molar refractivity (Wildman–Crippen MR) is 103 cm³/mol. The molecule has 0 aliphatic heterocycles. The topological polar surface area (TPSA) is 66.9 Å². The Morgan fingerprint density at radius 1 is 1.04 bits per heavy atom. The minimum atomic E-state index is -0.354. The molecule has 0 aliphatic rings. The third-order valence-electron chi connectivity index (χ3n) is 4.14. The van der Waals surface area contributed by atoms with Crippen LogP contribution in [0.2, 0.25) is 0 Å². The van der Waals surface area contributed by atoms with Gasteiger partial charge in [0.1, 0.15) is 5.82 Å². The van der Waals surface area contributed by atoms with Crippen molar-refractivity contribution in [3.8, 4) is 0 Å². The second-order valence-corrected chi connectivity index (χ2v) is 6.44. The highest BCUT2D eigenvalue weighted by Gasteiger charge is 2.10. The predicted octanol–water partition coefficient (Wildman–Crippen LogP) is 4.41. The lowest BCUT2D eigenvalue weighted by Crippen LogP contribution is -2.23. The zero-order valence-corrected chi connectivity index (χ0v) is 15.2. The van der Waals surface area contributed by atoms with Crippen LogP contribution >= 0.6 is 0 Å². The zero-order chi connectivity index (χ0) is 19.2. The zero-order valence-electron chi connectivity index (χ0n) is 15.2. The van der Waals surface area contributed by atoms with Gasteiger partial charge >= 0.3 is 0 Å². The summed E-state index contributed by atoms with van der Waals surface area (Å²) in [6.07, 6.45) is 2.90. The van der Waals surface area contributed by atoms with Crippen molar-refractivity contribution in [2.24, 2.45) is 0 Å². The minimum Gasteiger partial charge on any atom is -0.348 e. The Kier molecular flexibility index (Phi) is 5.76. The molecule has 1 heterocycles. The van der Waals surface area contributed by atoms with Gasteiger partial charge in [-0.1, -0.05) is 50.2 Å². The number of carbonyl (C=O) groups is 1. The fraction of sp³-hybridized carbons (Fsp3) is 0.190. The van der Waals surface area contributed by atoms with E-state index in [-0.39, 0.29) is 18.3 Å². The number of anilines is 2. The lowest BCUT2D eigenvalue weighted by Gasteiger charge is -2.13. The molecule has 0 unspecified atom stereocenters. The molecule has 3 aromatic rings. The first-order valence-electron chi connectivity index (χ1n) is 8.74. The molecule has 5 nitrogen and oxygen atoms in total. The van der Waals surface area contributed by atoms with Gasteiger partial charge in [0.05, 0.1) is 5.56 Å². The number of benzene rings is 2. The number of halogens is 1. The molecular formula is C21H21FN4O. The normalized spacial score (nSPS) is 10.7. The molecule has 0 radical (unpaired) electrons. The Balaban J connectivity index is 1.65. The van der Waals surface area contributed by atoms with Crippen LogP contribution in [-0.4, -0.2) is 15.9 Å². The van der Waals surface area contributed by atoms with Crippen molar-refractivity contribution in [2.45, 2.75) is 26.3 Å². The largest absolute Gasteiger partial charge is 0.348 e. The highest BCUT2D eigenvalue weighted by atomic mass is 19.1. The van der Waals surface area contributed by atoms with Crippen molar-refractivity contribution < 1.29 is 9.18 Å². The van der Waals surface area contributed by atoms with E-state index in [9.17, 15) is 9.18 Å². The summed E-state index contributed by atoms with van der Waals surface area (Å²) in [5, 5.41) is 5.85. The molecule has 27 heavy (non-hydrogen) atoms. The van der Waals surface area contributed by atoms with Gasteiger partial charge in [0.15, 0.2) is 0 Å². The lowest BCUT2D eigenvalue weighted by atomic mass is 10.0. The van der Waals surface area contributed by atoms with Crippen LogP contribution in [0.5, 0.6) is 0 Å². The van der Waals surface area contributed by atoms with E-state index in [1.54, 1.807) is 18.2 Å². The molecule has 0 saturated heterocycles. The van der Waals surface area contributed by atoms with Gasteiger partial charge in [-0.05, 0) is 23.6 Å². The van der Waals surface area contributed by atoms with Crippen LogP contribution < -0.4 is 10.6 Å². The molecule has 0 bridgehead atoms. The van der Waals surface area contributed by atoms with Crippen LogP contribution in [0.4, 0.5) is 16.0 Å². The van der Waals surface area contributed by atoms with Gasteiger partial charge in [0, 0.05) is 30.2 Å². The fourth-order valence-corrected chi connectivity index (χ4v) is 2.66. The lowest BCUT2D eigenvalue weighted by molar-refractivity contribution is 0.0950. The summed E-state index contributed by atoms with van der Waals surface area (Å²) in [5.74, 6) is 0.0655. The number of rotatable bonds is 6. The van der Waals surface area contributed by atoms with Gasteiger partial charge in [0.25, 0.3) is 5.91 Å².